The summed E-state index contributed by atoms with van der Waals surface area (Å²) in [6.45, 7) is 7.85. The van der Waals surface area contributed by atoms with Crippen LogP contribution in [0.1, 0.15) is 20.3 Å². The predicted molar refractivity (Wildman–Crippen MR) is 100 cm³/mol. The van der Waals surface area contributed by atoms with Crippen molar-refractivity contribution in [3.8, 4) is 5.75 Å². The van der Waals surface area contributed by atoms with Crippen LogP contribution >= 0.6 is 0 Å². The largest absolute Gasteiger partial charge is 0.497 e. The van der Waals surface area contributed by atoms with Gasteiger partial charge in [0.15, 0.2) is 0 Å². The van der Waals surface area contributed by atoms with Gasteiger partial charge in [0.2, 0.25) is 0 Å². The Bertz CT molecular complexity index is 639. The molecule has 2 saturated heterocycles. The number of methoxy groups -OCH3 is 1. The first-order valence-electron chi connectivity index (χ1n) is 9.21. The first-order chi connectivity index (χ1) is 12.5. The molecule has 1 aromatic rings. The zero-order chi connectivity index (χ0) is 18.7. The van der Waals surface area contributed by atoms with E-state index in [1.807, 2.05) is 12.1 Å². The lowest BCUT2D eigenvalue weighted by molar-refractivity contribution is -0.129. The Labute approximate surface area is 154 Å². The molecule has 1 atom stereocenters. The summed E-state index contributed by atoms with van der Waals surface area (Å²) in [6.07, 6.45) is 0.687. The van der Waals surface area contributed by atoms with Crippen LogP contribution in [0.25, 0.3) is 0 Å². The maximum atomic E-state index is 12.5. The third-order valence-electron chi connectivity index (χ3n) is 4.97. The number of carbonyl (C=O) groups is 2. The van der Waals surface area contributed by atoms with Gasteiger partial charge >= 0.3 is 6.03 Å². The maximum Gasteiger partial charge on any atom is 0.325 e. The molecule has 2 heterocycles. The topological polar surface area (TPSA) is 65.1 Å². The number of carbonyl (C=O) groups excluding carboxylic acids is 2. The van der Waals surface area contributed by atoms with Crippen molar-refractivity contribution in [1.82, 2.24) is 15.1 Å². The van der Waals surface area contributed by atoms with Gasteiger partial charge < -0.3 is 15.0 Å². The van der Waals surface area contributed by atoms with Crippen molar-refractivity contribution < 1.29 is 14.3 Å². The van der Waals surface area contributed by atoms with Crippen LogP contribution in [-0.4, -0.2) is 67.7 Å². The van der Waals surface area contributed by atoms with Gasteiger partial charge in [-0.25, -0.2) is 9.69 Å². The van der Waals surface area contributed by atoms with Gasteiger partial charge in [0.25, 0.3) is 5.91 Å². The lowest BCUT2D eigenvalue weighted by Crippen LogP contribution is -2.51. The molecule has 7 nitrogen and oxygen atoms in total. The van der Waals surface area contributed by atoms with E-state index >= 15 is 0 Å². The van der Waals surface area contributed by atoms with Crippen LogP contribution in [0.5, 0.6) is 5.75 Å². The molecule has 0 radical (unpaired) electrons. The molecule has 7 heteroatoms. The van der Waals surface area contributed by atoms with Crippen molar-refractivity contribution in [1.29, 1.82) is 0 Å². The van der Waals surface area contributed by atoms with Crippen LogP contribution in [0.15, 0.2) is 24.3 Å². The number of urea groups is 1. The van der Waals surface area contributed by atoms with E-state index in [1.165, 1.54) is 4.90 Å². The average molecular weight is 360 g/mol. The van der Waals surface area contributed by atoms with Crippen LogP contribution in [-0.2, 0) is 4.79 Å². The Hall–Kier alpha value is -2.28. The normalized spacial score (nSPS) is 21.5. The average Bonchev–Trinajstić information content (AvgIpc) is 2.89. The number of hydrogen-bond donors (Lipinski definition) is 1. The molecule has 0 bridgehead atoms. The first kappa shape index (κ1) is 18.5. The fraction of sp³-hybridized carbons (Fsp3) is 0.579. The molecule has 1 N–H and O–H groups in total. The van der Waals surface area contributed by atoms with E-state index in [1.54, 1.807) is 7.11 Å². The molecule has 3 amide bonds. The van der Waals surface area contributed by atoms with Crippen molar-refractivity contribution in [3.05, 3.63) is 24.3 Å². The van der Waals surface area contributed by atoms with Crippen LogP contribution in [0.2, 0.25) is 0 Å². The highest BCUT2D eigenvalue weighted by Gasteiger charge is 2.39. The minimum Gasteiger partial charge on any atom is -0.497 e. The van der Waals surface area contributed by atoms with E-state index in [0.717, 1.165) is 37.6 Å². The number of piperazine rings is 1. The predicted octanol–water partition coefficient (Wildman–Crippen LogP) is 1.74. The fourth-order valence-corrected chi connectivity index (χ4v) is 3.48. The van der Waals surface area contributed by atoms with E-state index in [2.05, 4.69) is 41.1 Å². The van der Waals surface area contributed by atoms with E-state index in [-0.39, 0.29) is 18.0 Å². The molecule has 2 aliphatic heterocycles. The summed E-state index contributed by atoms with van der Waals surface area (Å²) < 4.78 is 5.20. The van der Waals surface area contributed by atoms with Crippen LogP contribution < -0.4 is 15.0 Å². The summed E-state index contributed by atoms with van der Waals surface area (Å²) in [5.41, 5.74) is 1.16. The molecular weight excluding hydrogens is 332 g/mol. The Kier molecular flexibility index (Phi) is 5.66. The number of nitrogens with zero attached hydrogens (tertiary/aromatic N) is 3. The first-order valence-corrected chi connectivity index (χ1v) is 9.21. The Morgan fingerprint density at radius 2 is 1.77 bits per heavy atom. The van der Waals surface area contributed by atoms with Gasteiger partial charge in [-0.15, -0.1) is 0 Å². The molecule has 0 aliphatic carbocycles. The molecule has 26 heavy (non-hydrogen) atoms. The number of imide groups is 1. The van der Waals surface area contributed by atoms with Crippen molar-refractivity contribution >= 4 is 17.6 Å². The summed E-state index contributed by atoms with van der Waals surface area (Å²) in [5.74, 6) is 1.13. The lowest BCUT2D eigenvalue weighted by Gasteiger charge is -2.37. The summed E-state index contributed by atoms with van der Waals surface area (Å²) in [7, 11) is 1.66. The van der Waals surface area contributed by atoms with Gasteiger partial charge in [-0.2, -0.15) is 0 Å². The van der Waals surface area contributed by atoms with Gasteiger partial charge in [-0.1, -0.05) is 13.8 Å². The monoisotopic (exact) mass is 360 g/mol. The number of nitrogens with one attached hydrogen (secondary N) is 1. The quantitative estimate of drug-likeness (QED) is 0.783. The Morgan fingerprint density at radius 3 is 2.35 bits per heavy atom. The third-order valence-corrected chi connectivity index (χ3v) is 4.97. The highest BCUT2D eigenvalue weighted by atomic mass is 16.5. The molecule has 0 spiro atoms. The number of benzene rings is 1. The number of anilines is 1. The summed E-state index contributed by atoms with van der Waals surface area (Å²) in [5, 5.41) is 2.81. The van der Waals surface area contributed by atoms with Crippen molar-refractivity contribution in [2.45, 2.75) is 26.3 Å². The minimum atomic E-state index is -0.372. The van der Waals surface area contributed by atoms with Gasteiger partial charge in [0.05, 0.1) is 13.8 Å². The molecule has 3 rings (SSSR count). The molecule has 2 aliphatic rings. The highest BCUT2D eigenvalue weighted by molar-refractivity contribution is 6.04. The van der Waals surface area contributed by atoms with Gasteiger partial charge in [0.1, 0.15) is 11.8 Å². The maximum absolute atomic E-state index is 12.5. The number of amides is 3. The highest BCUT2D eigenvalue weighted by Crippen LogP contribution is 2.21. The van der Waals surface area contributed by atoms with Crippen LogP contribution in [0.3, 0.4) is 0 Å². The number of ether oxygens (including phenoxy) is 1. The second-order valence-electron chi connectivity index (χ2n) is 7.34. The van der Waals surface area contributed by atoms with E-state index in [0.29, 0.717) is 19.0 Å². The van der Waals surface area contributed by atoms with Gasteiger partial charge in [-0.05, 0) is 36.6 Å². The lowest BCUT2D eigenvalue weighted by atomic mass is 10.0. The van der Waals surface area contributed by atoms with Gasteiger partial charge in [-0.3, -0.25) is 9.69 Å². The van der Waals surface area contributed by atoms with E-state index < -0.39 is 0 Å². The van der Waals surface area contributed by atoms with Gasteiger partial charge in [0, 0.05) is 31.9 Å². The van der Waals surface area contributed by atoms with E-state index in [9.17, 15) is 9.59 Å². The summed E-state index contributed by atoms with van der Waals surface area (Å²) >= 11 is 0. The zero-order valence-electron chi connectivity index (χ0n) is 15.8. The number of rotatable bonds is 6. The molecule has 1 aromatic carbocycles. The molecule has 0 saturated carbocycles. The molecule has 142 valence electrons. The van der Waals surface area contributed by atoms with Crippen molar-refractivity contribution in [2.24, 2.45) is 5.92 Å². The standard InChI is InChI=1S/C19H28N4O3/c1-14(2)12-17-18(24)23(19(25)20-17)13-21-8-10-22(11-9-21)15-4-6-16(26-3)7-5-15/h4-7,14,17H,8-13H2,1-3H3,(H,20,25)/t17-/m1/s1. The Morgan fingerprint density at radius 1 is 1.12 bits per heavy atom. The molecular formula is C19H28N4O3. The van der Waals surface area contributed by atoms with E-state index in [4.69, 9.17) is 4.74 Å². The van der Waals surface area contributed by atoms with Crippen molar-refractivity contribution in [3.63, 3.8) is 0 Å². The summed E-state index contributed by atoms with van der Waals surface area (Å²) in [6, 6.07) is 7.40. The second kappa shape index (κ2) is 7.95. The second-order valence-corrected chi connectivity index (χ2v) is 7.34. The minimum absolute atomic E-state index is 0.0960. The van der Waals surface area contributed by atoms with Crippen molar-refractivity contribution in [2.75, 3.05) is 44.9 Å². The van der Waals surface area contributed by atoms with Crippen LogP contribution in [0.4, 0.5) is 10.5 Å². The molecule has 2 fully saturated rings. The third kappa shape index (κ3) is 4.09. The molecule has 0 unspecified atom stereocenters. The Balaban J connectivity index is 1.52. The smallest absolute Gasteiger partial charge is 0.325 e. The fourth-order valence-electron chi connectivity index (χ4n) is 3.48. The SMILES string of the molecule is COc1ccc(N2CCN(CN3C(=O)N[C@H](CC(C)C)C3=O)CC2)cc1. The number of hydrogen-bond acceptors (Lipinski definition) is 5. The zero-order valence-corrected chi connectivity index (χ0v) is 15.8. The van der Waals surface area contributed by atoms with Crippen LogP contribution in [0, 0.1) is 5.92 Å². The summed E-state index contributed by atoms with van der Waals surface area (Å²) in [4.78, 5) is 30.4. The molecule has 0 aromatic heterocycles.